The molecule has 0 aromatic heterocycles. The molecule has 1 aliphatic carbocycles. The van der Waals surface area contributed by atoms with Crippen LogP contribution in [0, 0.1) is 13.8 Å². The van der Waals surface area contributed by atoms with E-state index in [4.69, 9.17) is 11.6 Å². The zero-order chi connectivity index (χ0) is 27.2. The van der Waals surface area contributed by atoms with E-state index in [2.05, 4.69) is 5.32 Å². The zero-order valence-electron chi connectivity index (χ0n) is 22.2. The van der Waals surface area contributed by atoms with Gasteiger partial charge in [-0.3, -0.25) is 13.9 Å². The van der Waals surface area contributed by atoms with Gasteiger partial charge in [-0.2, -0.15) is 0 Å². The highest BCUT2D eigenvalue weighted by Gasteiger charge is 2.29. The van der Waals surface area contributed by atoms with Crippen molar-refractivity contribution in [2.75, 3.05) is 17.1 Å². The summed E-state index contributed by atoms with van der Waals surface area (Å²) < 4.78 is 26.6. The largest absolute Gasteiger partial charge is 0.352 e. The van der Waals surface area contributed by atoms with E-state index in [-0.39, 0.29) is 37.4 Å². The van der Waals surface area contributed by atoms with Crippen LogP contribution in [0.25, 0.3) is 0 Å². The molecule has 2 aromatic rings. The van der Waals surface area contributed by atoms with Gasteiger partial charge in [0.2, 0.25) is 21.8 Å². The summed E-state index contributed by atoms with van der Waals surface area (Å²) in [6, 6.07) is 12.4. The highest BCUT2D eigenvalue weighted by molar-refractivity contribution is 7.92. The number of hydrogen-bond acceptors (Lipinski definition) is 4. The summed E-state index contributed by atoms with van der Waals surface area (Å²) in [4.78, 5) is 28.1. The number of halogens is 1. The molecule has 1 aliphatic rings. The van der Waals surface area contributed by atoms with Gasteiger partial charge in [0.15, 0.2) is 0 Å². The number of hydrogen-bond donors (Lipinski definition) is 1. The summed E-state index contributed by atoms with van der Waals surface area (Å²) in [7, 11) is -3.55. The van der Waals surface area contributed by atoms with Crippen molar-refractivity contribution >= 4 is 39.1 Å². The maximum absolute atomic E-state index is 13.5. The molecule has 2 amide bonds. The van der Waals surface area contributed by atoms with Crippen LogP contribution >= 0.6 is 11.6 Å². The van der Waals surface area contributed by atoms with E-state index in [1.165, 1.54) is 10.6 Å². The smallest absolute Gasteiger partial charge is 0.242 e. The first-order chi connectivity index (χ1) is 17.5. The van der Waals surface area contributed by atoms with Crippen LogP contribution in [0.4, 0.5) is 5.69 Å². The van der Waals surface area contributed by atoms with Crippen molar-refractivity contribution in [3.05, 3.63) is 64.2 Å². The lowest BCUT2D eigenvalue weighted by atomic mass is 10.1. The molecule has 0 bridgehead atoms. The molecule has 0 saturated heterocycles. The van der Waals surface area contributed by atoms with E-state index in [9.17, 15) is 18.0 Å². The third-order valence-electron chi connectivity index (χ3n) is 6.95. The van der Waals surface area contributed by atoms with Crippen molar-refractivity contribution in [3.8, 4) is 0 Å². The number of carbonyl (C=O) groups excluding carboxylic acids is 2. The second kappa shape index (κ2) is 12.8. The summed E-state index contributed by atoms with van der Waals surface area (Å²) in [5.41, 5.74) is 3.18. The lowest BCUT2D eigenvalue weighted by molar-refractivity contribution is -0.140. The fourth-order valence-corrected chi connectivity index (χ4v) is 5.97. The molecular formula is C28H38ClN3O4S. The van der Waals surface area contributed by atoms with Crippen molar-refractivity contribution in [1.29, 1.82) is 0 Å². The molecule has 9 heteroatoms. The summed E-state index contributed by atoms with van der Waals surface area (Å²) in [5.74, 6) is -0.399. The van der Waals surface area contributed by atoms with Gasteiger partial charge in [0.1, 0.15) is 6.04 Å². The van der Waals surface area contributed by atoms with E-state index in [0.717, 1.165) is 42.4 Å². The topological polar surface area (TPSA) is 86.8 Å². The molecule has 0 aliphatic heterocycles. The van der Waals surface area contributed by atoms with E-state index in [1.54, 1.807) is 17.9 Å². The number of carbonyl (C=O) groups is 2. The van der Waals surface area contributed by atoms with Gasteiger partial charge >= 0.3 is 0 Å². The van der Waals surface area contributed by atoms with Gasteiger partial charge in [0, 0.05) is 30.6 Å². The van der Waals surface area contributed by atoms with E-state index in [0.29, 0.717) is 17.1 Å². The second-order valence-corrected chi connectivity index (χ2v) is 12.3. The summed E-state index contributed by atoms with van der Waals surface area (Å²) in [5, 5.41) is 3.62. The van der Waals surface area contributed by atoms with Gasteiger partial charge in [-0.25, -0.2) is 8.42 Å². The first kappa shape index (κ1) is 29.0. The number of benzene rings is 2. The minimum Gasteiger partial charge on any atom is -0.352 e. The van der Waals surface area contributed by atoms with Crippen LogP contribution in [0.2, 0.25) is 5.02 Å². The SMILES string of the molecule is Cc1ccc(C)c(N(CCCC(=O)N(Cc2ccccc2Cl)[C@H](C)C(=O)NC2CCCC2)S(C)(=O)=O)c1. The molecule has 0 radical (unpaired) electrons. The van der Waals surface area contributed by atoms with Gasteiger partial charge < -0.3 is 10.2 Å². The van der Waals surface area contributed by atoms with Crippen molar-refractivity contribution in [2.24, 2.45) is 0 Å². The maximum atomic E-state index is 13.5. The Hall–Kier alpha value is -2.58. The van der Waals surface area contributed by atoms with Crippen molar-refractivity contribution in [2.45, 2.75) is 77.9 Å². The Labute approximate surface area is 226 Å². The minimum atomic E-state index is -3.55. The third-order valence-corrected chi connectivity index (χ3v) is 8.50. The fourth-order valence-electron chi connectivity index (χ4n) is 4.76. The normalized spacial score (nSPS) is 14.8. The van der Waals surface area contributed by atoms with Crippen LogP contribution in [0.1, 0.15) is 62.1 Å². The number of aryl methyl sites for hydroxylation is 2. The molecule has 2 aromatic carbocycles. The van der Waals surface area contributed by atoms with Gasteiger partial charge in [-0.1, -0.05) is 54.8 Å². The molecule has 1 fully saturated rings. The molecule has 0 unspecified atom stereocenters. The quantitative estimate of drug-likeness (QED) is 0.430. The van der Waals surface area contributed by atoms with Crippen LogP contribution in [0.5, 0.6) is 0 Å². The summed E-state index contributed by atoms with van der Waals surface area (Å²) in [6.07, 6.45) is 5.69. The number of amides is 2. The number of anilines is 1. The number of nitrogens with zero attached hydrogens (tertiary/aromatic N) is 2. The Kier molecular flexibility index (Phi) is 10.0. The Balaban J connectivity index is 1.75. The van der Waals surface area contributed by atoms with Crippen LogP contribution in [0.15, 0.2) is 42.5 Å². The lowest BCUT2D eigenvalue weighted by Gasteiger charge is -2.30. The van der Waals surface area contributed by atoms with Gasteiger partial charge in [-0.15, -0.1) is 0 Å². The van der Waals surface area contributed by atoms with Crippen molar-refractivity contribution in [3.63, 3.8) is 0 Å². The third kappa shape index (κ3) is 7.95. The molecule has 1 N–H and O–H groups in total. The average molecular weight is 548 g/mol. The molecule has 1 saturated carbocycles. The van der Waals surface area contributed by atoms with E-state index >= 15 is 0 Å². The molecule has 0 heterocycles. The van der Waals surface area contributed by atoms with Gasteiger partial charge in [0.05, 0.1) is 11.9 Å². The first-order valence-electron chi connectivity index (χ1n) is 12.9. The predicted octanol–water partition coefficient (Wildman–Crippen LogP) is 4.98. The maximum Gasteiger partial charge on any atom is 0.242 e. The van der Waals surface area contributed by atoms with Crippen LogP contribution in [0.3, 0.4) is 0 Å². The fraction of sp³-hybridized carbons (Fsp3) is 0.500. The van der Waals surface area contributed by atoms with Gasteiger partial charge in [-0.05, 0) is 68.9 Å². The molecule has 202 valence electrons. The monoisotopic (exact) mass is 547 g/mol. The van der Waals surface area contributed by atoms with Crippen LogP contribution in [-0.4, -0.2) is 50.0 Å². The molecule has 3 rings (SSSR count). The molecule has 1 atom stereocenters. The minimum absolute atomic E-state index is 0.0996. The number of sulfonamides is 1. The number of nitrogens with one attached hydrogen (secondary N) is 1. The van der Waals surface area contributed by atoms with Crippen molar-refractivity contribution in [1.82, 2.24) is 10.2 Å². The predicted molar refractivity (Wildman–Crippen MR) is 149 cm³/mol. The second-order valence-electron chi connectivity index (χ2n) is 10.0. The zero-order valence-corrected chi connectivity index (χ0v) is 23.7. The average Bonchev–Trinajstić information content (AvgIpc) is 3.34. The van der Waals surface area contributed by atoms with Crippen LogP contribution < -0.4 is 9.62 Å². The molecular weight excluding hydrogens is 510 g/mol. The number of rotatable bonds is 11. The van der Waals surface area contributed by atoms with Gasteiger partial charge in [0.25, 0.3) is 0 Å². The summed E-state index contributed by atoms with van der Waals surface area (Å²) >= 11 is 6.37. The highest BCUT2D eigenvalue weighted by atomic mass is 35.5. The summed E-state index contributed by atoms with van der Waals surface area (Å²) in [6.45, 7) is 5.88. The molecule has 7 nitrogen and oxygen atoms in total. The molecule has 37 heavy (non-hydrogen) atoms. The van der Waals surface area contributed by atoms with E-state index in [1.807, 2.05) is 50.2 Å². The highest BCUT2D eigenvalue weighted by Crippen LogP contribution is 2.25. The first-order valence-corrected chi connectivity index (χ1v) is 15.1. The Morgan fingerprint density at radius 3 is 2.43 bits per heavy atom. The lowest BCUT2D eigenvalue weighted by Crippen LogP contribution is -2.49. The van der Waals surface area contributed by atoms with Crippen LogP contribution in [-0.2, 0) is 26.2 Å². The molecule has 0 spiro atoms. The Morgan fingerprint density at radius 1 is 1.11 bits per heavy atom. The standard InChI is InChI=1S/C28H38ClN3O4S/c1-20-15-16-21(2)26(18-20)32(37(4,35)36)17-9-14-27(33)31(19-23-10-5-8-13-25(23)29)22(3)28(34)30-24-11-6-7-12-24/h5,8,10,13,15-16,18,22,24H,6-7,9,11-12,14,17,19H2,1-4H3,(H,30,34)/t22-/m1/s1. The van der Waals surface area contributed by atoms with E-state index < -0.39 is 16.1 Å². The Morgan fingerprint density at radius 2 is 1.78 bits per heavy atom. The van der Waals surface area contributed by atoms with Crippen molar-refractivity contribution < 1.29 is 18.0 Å². The Bertz CT molecular complexity index is 1210.